The van der Waals surface area contributed by atoms with Crippen LogP contribution in [0.3, 0.4) is 0 Å². The summed E-state index contributed by atoms with van der Waals surface area (Å²) >= 11 is 0. The second-order valence-electron chi connectivity index (χ2n) is 7.53. The highest BCUT2D eigenvalue weighted by molar-refractivity contribution is 5.88. The van der Waals surface area contributed by atoms with E-state index in [0.29, 0.717) is 38.7 Å². The molecule has 22 heavy (non-hydrogen) atoms. The van der Waals surface area contributed by atoms with E-state index in [1.807, 2.05) is 13.8 Å². The molecule has 5 nitrogen and oxygen atoms in total. The summed E-state index contributed by atoms with van der Waals surface area (Å²) in [7, 11) is 1.41. The molecular weight excluding hydrogens is 284 g/mol. The lowest BCUT2D eigenvalue weighted by Crippen LogP contribution is -2.61. The fourth-order valence-corrected chi connectivity index (χ4v) is 5.46. The minimum absolute atomic E-state index is 0.177. The van der Waals surface area contributed by atoms with Crippen molar-refractivity contribution in [3.05, 3.63) is 0 Å². The van der Waals surface area contributed by atoms with Gasteiger partial charge in [0.15, 0.2) is 0 Å². The monoisotopic (exact) mass is 308 g/mol. The van der Waals surface area contributed by atoms with Gasteiger partial charge in [0.25, 0.3) is 0 Å². The third kappa shape index (κ3) is 1.94. The summed E-state index contributed by atoms with van der Waals surface area (Å²) in [6.45, 7) is 4.45. The van der Waals surface area contributed by atoms with E-state index in [4.69, 9.17) is 9.47 Å². The topological polar surface area (TPSA) is 69.7 Å². The van der Waals surface area contributed by atoms with Crippen molar-refractivity contribution in [2.24, 2.45) is 28.6 Å². The summed E-state index contributed by atoms with van der Waals surface area (Å²) in [6.07, 6.45) is 3.03. The van der Waals surface area contributed by atoms with Gasteiger partial charge < -0.3 is 9.47 Å². The third-order valence-corrected chi connectivity index (χ3v) is 6.54. The van der Waals surface area contributed by atoms with E-state index in [1.54, 1.807) is 0 Å². The van der Waals surface area contributed by atoms with E-state index >= 15 is 0 Å². The average Bonchev–Trinajstić information content (AvgIpc) is 2.45. The molecule has 0 spiro atoms. The van der Waals surface area contributed by atoms with Crippen LogP contribution in [0.5, 0.6) is 0 Å². The Morgan fingerprint density at radius 3 is 2.59 bits per heavy atom. The predicted octanol–water partition coefficient (Wildman–Crippen LogP) is 2.12. The Balaban J connectivity index is 2.04. The smallest absolute Gasteiger partial charge is 0.309 e. The van der Waals surface area contributed by atoms with Crippen LogP contribution in [0.1, 0.15) is 46.0 Å². The molecule has 0 N–H and O–H groups in total. The number of hydrogen-bond donors (Lipinski definition) is 0. The Labute approximate surface area is 130 Å². The maximum atomic E-state index is 12.8. The van der Waals surface area contributed by atoms with Gasteiger partial charge in [0, 0.05) is 12.3 Å². The van der Waals surface area contributed by atoms with Gasteiger partial charge >= 0.3 is 11.9 Å². The van der Waals surface area contributed by atoms with Crippen LogP contribution in [0.2, 0.25) is 0 Å². The van der Waals surface area contributed by atoms with Crippen LogP contribution in [-0.2, 0) is 23.9 Å². The SMILES string of the molecule is COC(=O)[C@@H]1CCC(=O)[C@H]2[C@@]1(C)CC[C@H]1C(=O)OCC[C@]21C. The zero-order chi connectivity index (χ0) is 16.1. The molecule has 1 aliphatic heterocycles. The predicted molar refractivity (Wildman–Crippen MR) is 77.8 cm³/mol. The van der Waals surface area contributed by atoms with Crippen molar-refractivity contribution >= 4 is 17.7 Å². The van der Waals surface area contributed by atoms with Gasteiger partial charge in [-0.2, -0.15) is 0 Å². The van der Waals surface area contributed by atoms with Gasteiger partial charge in [-0.1, -0.05) is 13.8 Å². The van der Waals surface area contributed by atoms with Crippen molar-refractivity contribution in [2.75, 3.05) is 13.7 Å². The van der Waals surface area contributed by atoms with E-state index in [2.05, 4.69) is 0 Å². The minimum atomic E-state index is -0.411. The zero-order valence-corrected chi connectivity index (χ0v) is 13.5. The number of methoxy groups -OCH3 is 1. The van der Waals surface area contributed by atoms with Crippen molar-refractivity contribution in [3.8, 4) is 0 Å². The van der Waals surface area contributed by atoms with Gasteiger partial charge in [0.1, 0.15) is 5.78 Å². The van der Waals surface area contributed by atoms with E-state index < -0.39 is 10.8 Å². The first-order valence-electron chi connectivity index (χ1n) is 8.12. The highest BCUT2D eigenvalue weighted by Gasteiger charge is 2.64. The summed E-state index contributed by atoms with van der Waals surface area (Å²) in [5, 5.41) is 0. The van der Waals surface area contributed by atoms with Crippen molar-refractivity contribution in [1.29, 1.82) is 0 Å². The van der Waals surface area contributed by atoms with Crippen molar-refractivity contribution < 1.29 is 23.9 Å². The van der Waals surface area contributed by atoms with Crippen LogP contribution in [0.25, 0.3) is 0 Å². The molecule has 2 aliphatic carbocycles. The number of ether oxygens (including phenoxy) is 2. The van der Waals surface area contributed by atoms with Crippen molar-refractivity contribution in [1.82, 2.24) is 0 Å². The molecule has 0 amide bonds. The first kappa shape index (κ1) is 15.5. The standard InChI is InChI=1S/C17H24O5/c1-16-7-6-11-15(20)22-9-8-17(11,2)13(16)12(18)5-4-10(16)14(19)21-3/h10-11,13H,4-9H2,1-3H3/t10-,11-,13-,16-,17-/m0/s1. The van der Waals surface area contributed by atoms with Gasteiger partial charge in [-0.25, -0.2) is 0 Å². The van der Waals surface area contributed by atoms with Gasteiger partial charge in [-0.05, 0) is 36.5 Å². The van der Waals surface area contributed by atoms with Gasteiger partial charge in [0.2, 0.25) is 0 Å². The van der Waals surface area contributed by atoms with E-state index in [-0.39, 0.29) is 35.5 Å². The van der Waals surface area contributed by atoms with Crippen LogP contribution in [-0.4, -0.2) is 31.4 Å². The molecule has 0 aromatic heterocycles. The molecule has 1 saturated heterocycles. The molecule has 3 aliphatic rings. The fourth-order valence-electron chi connectivity index (χ4n) is 5.46. The molecule has 122 valence electrons. The normalized spacial score (nSPS) is 44.6. The molecule has 3 rings (SSSR count). The molecule has 5 atom stereocenters. The summed E-state index contributed by atoms with van der Waals surface area (Å²) in [5.41, 5.74) is -0.808. The molecule has 0 aromatic rings. The first-order chi connectivity index (χ1) is 10.3. The van der Waals surface area contributed by atoms with Crippen molar-refractivity contribution in [2.45, 2.75) is 46.0 Å². The molecule has 0 radical (unpaired) electrons. The molecule has 0 aromatic carbocycles. The Kier molecular flexibility index (Phi) is 3.57. The maximum Gasteiger partial charge on any atom is 0.309 e. The Morgan fingerprint density at radius 2 is 1.91 bits per heavy atom. The highest BCUT2D eigenvalue weighted by atomic mass is 16.5. The Hall–Kier alpha value is -1.39. The number of esters is 2. The number of hydrogen-bond acceptors (Lipinski definition) is 5. The minimum Gasteiger partial charge on any atom is -0.469 e. The molecule has 2 saturated carbocycles. The second kappa shape index (κ2) is 5.07. The van der Waals surface area contributed by atoms with Crippen LogP contribution >= 0.6 is 0 Å². The van der Waals surface area contributed by atoms with Crippen LogP contribution in [0.4, 0.5) is 0 Å². The molecule has 0 bridgehead atoms. The number of carbonyl (C=O) groups excluding carboxylic acids is 3. The number of carbonyl (C=O) groups is 3. The maximum absolute atomic E-state index is 12.8. The average molecular weight is 308 g/mol. The van der Waals surface area contributed by atoms with Gasteiger partial charge in [0.05, 0.1) is 25.6 Å². The van der Waals surface area contributed by atoms with Crippen LogP contribution < -0.4 is 0 Å². The van der Waals surface area contributed by atoms with Crippen LogP contribution in [0.15, 0.2) is 0 Å². The van der Waals surface area contributed by atoms with Crippen molar-refractivity contribution in [3.63, 3.8) is 0 Å². The number of fused-ring (bicyclic) bond motifs is 3. The lowest BCUT2D eigenvalue weighted by atomic mass is 9.44. The summed E-state index contributed by atoms with van der Waals surface area (Å²) < 4.78 is 10.2. The number of cyclic esters (lactones) is 1. The molecule has 0 unspecified atom stereocenters. The number of ketones is 1. The molecular formula is C17H24O5. The van der Waals surface area contributed by atoms with Gasteiger partial charge in [-0.3, -0.25) is 14.4 Å². The summed E-state index contributed by atoms with van der Waals surface area (Å²) in [6, 6.07) is 0. The van der Waals surface area contributed by atoms with E-state index in [1.165, 1.54) is 7.11 Å². The first-order valence-corrected chi connectivity index (χ1v) is 8.12. The quantitative estimate of drug-likeness (QED) is 0.694. The Morgan fingerprint density at radius 1 is 1.18 bits per heavy atom. The number of rotatable bonds is 1. The molecule has 3 fully saturated rings. The lowest BCUT2D eigenvalue weighted by molar-refractivity contribution is -0.192. The highest BCUT2D eigenvalue weighted by Crippen LogP contribution is 2.63. The zero-order valence-electron chi connectivity index (χ0n) is 13.5. The van der Waals surface area contributed by atoms with Gasteiger partial charge in [-0.15, -0.1) is 0 Å². The fraction of sp³-hybridized carbons (Fsp3) is 0.824. The Bertz CT molecular complexity index is 527. The third-order valence-electron chi connectivity index (χ3n) is 6.54. The van der Waals surface area contributed by atoms with Crippen LogP contribution in [0, 0.1) is 28.6 Å². The number of Topliss-reactive ketones (excluding diaryl/α,β-unsaturated/α-hetero) is 1. The largest absolute Gasteiger partial charge is 0.469 e. The second-order valence-corrected chi connectivity index (χ2v) is 7.53. The summed E-state index contributed by atoms with van der Waals surface area (Å²) in [4.78, 5) is 37.2. The lowest BCUT2D eigenvalue weighted by Gasteiger charge is -2.59. The van der Waals surface area contributed by atoms with E-state index in [9.17, 15) is 14.4 Å². The van der Waals surface area contributed by atoms with E-state index in [0.717, 1.165) is 0 Å². The molecule has 1 heterocycles. The summed E-state index contributed by atoms with van der Waals surface area (Å²) in [5.74, 6) is -0.936. The molecule has 5 heteroatoms.